The molecule has 0 bridgehead atoms. The summed E-state index contributed by atoms with van der Waals surface area (Å²) >= 11 is 0. The van der Waals surface area contributed by atoms with Crippen LogP contribution < -0.4 is 15.4 Å². The summed E-state index contributed by atoms with van der Waals surface area (Å²) in [6, 6.07) is -1.68. The molecule has 3 heterocycles. The molecule has 3 fully saturated rings. The Bertz CT molecular complexity index is 1140. The summed E-state index contributed by atoms with van der Waals surface area (Å²) < 4.78 is 34.9. The highest BCUT2D eigenvalue weighted by molar-refractivity contribution is 7.87. The number of allylic oxidation sites excluding steroid dienone is 1. The van der Waals surface area contributed by atoms with Gasteiger partial charge in [-0.3, -0.25) is 14.4 Å². The summed E-state index contributed by atoms with van der Waals surface area (Å²) in [5.74, 6) is -1.96. The number of amides is 4. The molecule has 0 radical (unpaired) electrons. The predicted octanol–water partition coefficient (Wildman–Crippen LogP) is 2.11. The molecule has 4 rings (SSSR count). The number of carbonyl (C=O) groups is 4. The van der Waals surface area contributed by atoms with E-state index < -0.39 is 51.3 Å². The zero-order chi connectivity index (χ0) is 29.8. The van der Waals surface area contributed by atoms with Gasteiger partial charge >= 0.3 is 16.3 Å². The Morgan fingerprint density at radius 3 is 2.41 bits per heavy atom. The number of hydrogen-bond acceptors (Lipinski definition) is 7. The number of hydrogen-bond donors (Lipinski definition) is 3. The Kier molecular flexibility index (Phi) is 9.67. The maximum absolute atomic E-state index is 13.7. The summed E-state index contributed by atoms with van der Waals surface area (Å²) in [5, 5.41) is 5.56. The molecule has 1 saturated carbocycles. The molecule has 0 aromatic rings. The first-order valence-electron chi connectivity index (χ1n) is 14.9. The lowest BCUT2D eigenvalue weighted by molar-refractivity contribution is -0.141. The number of fused-ring (bicyclic) bond motifs is 2. The van der Waals surface area contributed by atoms with Crippen molar-refractivity contribution in [1.82, 2.24) is 24.6 Å². The van der Waals surface area contributed by atoms with Crippen LogP contribution in [0.3, 0.4) is 0 Å². The molecule has 230 valence electrons. The molecule has 1 aliphatic carbocycles. The monoisotopic (exact) mass is 595 g/mol. The third-order valence-electron chi connectivity index (χ3n) is 8.20. The molecule has 0 aromatic carbocycles. The molecule has 12 nitrogen and oxygen atoms in total. The first-order valence-corrected chi connectivity index (χ1v) is 16.4. The summed E-state index contributed by atoms with van der Waals surface area (Å²) in [7, 11) is -4.04. The van der Waals surface area contributed by atoms with E-state index in [2.05, 4.69) is 15.4 Å². The second kappa shape index (κ2) is 12.7. The van der Waals surface area contributed by atoms with Gasteiger partial charge in [-0.1, -0.05) is 31.4 Å². The van der Waals surface area contributed by atoms with E-state index >= 15 is 0 Å². The number of nitrogens with one attached hydrogen (secondary N) is 3. The number of piperidine rings is 1. The van der Waals surface area contributed by atoms with E-state index in [1.54, 1.807) is 20.8 Å². The standard InChI is InChI=1S/C28H45N5O7S/c1-27(2,3)40-26(37)29-21-14-9-6-4-5-8-13-20-19-28(20,30-23(34)22-15-12-18-33(22)24(21)35)25(36)31-41(38,39)32-16-10-7-11-17-32/h8,13,20-22H,4-7,9-12,14-19H2,1-3H3,(H,29,37)(H,30,34)(H,31,36)/t20-,21+,22+,28-/m1/s1. The lowest BCUT2D eigenvalue weighted by Gasteiger charge is -2.31. The molecule has 3 N–H and O–H groups in total. The van der Waals surface area contributed by atoms with Crippen LogP contribution >= 0.6 is 0 Å². The molecule has 3 aliphatic heterocycles. The third-order valence-corrected chi connectivity index (χ3v) is 9.69. The summed E-state index contributed by atoms with van der Waals surface area (Å²) in [5.41, 5.74) is -2.13. The number of nitrogens with zero attached hydrogens (tertiary/aromatic N) is 2. The van der Waals surface area contributed by atoms with Gasteiger partial charge in [-0.05, 0) is 72.1 Å². The SMILES string of the molecule is CC(C)(C)OC(=O)N[C@H]1CCCCCC=C[C@@H]2C[C@@]2(C(=O)NS(=O)(=O)N2CCCCC2)NC(=O)[C@@H]2CCCN2C1=O. The van der Waals surface area contributed by atoms with Crippen LogP contribution in [0.25, 0.3) is 0 Å². The number of rotatable bonds is 4. The predicted molar refractivity (Wildman–Crippen MR) is 152 cm³/mol. The smallest absolute Gasteiger partial charge is 0.408 e. The van der Waals surface area contributed by atoms with Crippen LogP contribution in [-0.2, 0) is 29.3 Å². The Hall–Kier alpha value is -2.67. The molecular formula is C28H45N5O7S. The van der Waals surface area contributed by atoms with Gasteiger partial charge in [0, 0.05) is 25.6 Å². The molecule has 4 atom stereocenters. The van der Waals surface area contributed by atoms with E-state index in [4.69, 9.17) is 4.74 Å². The van der Waals surface area contributed by atoms with Crippen molar-refractivity contribution in [2.45, 2.75) is 115 Å². The summed E-state index contributed by atoms with van der Waals surface area (Å²) in [4.78, 5) is 54.8. The molecule has 0 unspecified atom stereocenters. The van der Waals surface area contributed by atoms with Gasteiger partial charge < -0.3 is 20.3 Å². The fraction of sp³-hybridized carbons (Fsp3) is 0.786. The Morgan fingerprint density at radius 2 is 1.71 bits per heavy atom. The second-order valence-electron chi connectivity index (χ2n) is 12.6. The second-order valence-corrected chi connectivity index (χ2v) is 14.3. The van der Waals surface area contributed by atoms with E-state index in [0.717, 1.165) is 38.5 Å². The number of carbonyl (C=O) groups excluding carboxylic acids is 4. The average Bonchev–Trinajstić information content (AvgIpc) is 3.36. The minimum Gasteiger partial charge on any atom is -0.444 e. The fourth-order valence-corrected chi connectivity index (χ4v) is 7.21. The van der Waals surface area contributed by atoms with Crippen molar-refractivity contribution in [2.75, 3.05) is 19.6 Å². The molecule has 4 aliphatic rings. The molecule has 0 spiro atoms. The summed E-state index contributed by atoms with van der Waals surface area (Å²) in [6.45, 7) is 6.28. The largest absolute Gasteiger partial charge is 0.444 e. The van der Waals surface area contributed by atoms with E-state index in [1.807, 2.05) is 12.2 Å². The van der Waals surface area contributed by atoms with Crippen molar-refractivity contribution in [3.63, 3.8) is 0 Å². The fourth-order valence-electron chi connectivity index (χ4n) is 5.92. The topological polar surface area (TPSA) is 154 Å². The van der Waals surface area contributed by atoms with Gasteiger partial charge in [0.2, 0.25) is 11.8 Å². The van der Waals surface area contributed by atoms with Crippen molar-refractivity contribution in [2.24, 2.45) is 5.92 Å². The number of alkyl carbamates (subject to hydrolysis) is 1. The molecule has 41 heavy (non-hydrogen) atoms. The summed E-state index contributed by atoms with van der Waals surface area (Å²) in [6.07, 6.45) is 10.4. The van der Waals surface area contributed by atoms with Gasteiger partial charge in [0.15, 0.2) is 0 Å². The molecule has 2 saturated heterocycles. The van der Waals surface area contributed by atoms with E-state index in [-0.39, 0.29) is 18.2 Å². The van der Waals surface area contributed by atoms with Crippen LogP contribution in [-0.4, -0.2) is 84.3 Å². The molecular weight excluding hydrogens is 550 g/mol. The van der Waals surface area contributed by atoms with Crippen molar-refractivity contribution in [3.8, 4) is 0 Å². The van der Waals surface area contributed by atoms with Crippen LogP contribution in [0, 0.1) is 5.92 Å². The lowest BCUT2D eigenvalue weighted by atomic mass is 10.0. The highest BCUT2D eigenvalue weighted by atomic mass is 32.2. The maximum Gasteiger partial charge on any atom is 0.408 e. The van der Waals surface area contributed by atoms with Gasteiger partial charge in [0.1, 0.15) is 23.2 Å². The lowest BCUT2D eigenvalue weighted by Crippen LogP contribution is -2.59. The van der Waals surface area contributed by atoms with Gasteiger partial charge in [-0.25, -0.2) is 9.52 Å². The maximum atomic E-state index is 13.7. The van der Waals surface area contributed by atoms with Gasteiger partial charge in [0.05, 0.1) is 0 Å². The van der Waals surface area contributed by atoms with Crippen molar-refractivity contribution in [1.29, 1.82) is 0 Å². The number of ether oxygens (including phenoxy) is 1. The van der Waals surface area contributed by atoms with E-state index in [1.165, 1.54) is 9.21 Å². The first kappa shape index (κ1) is 31.3. The van der Waals surface area contributed by atoms with Crippen LogP contribution in [0.15, 0.2) is 12.2 Å². The van der Waals surface area contributed by atoms with Gasteiger partial charge in [0.25, 0.3) is 5.91 Å². The minimum absolute atomic E-state index is 0.278. The Labute approximate surface area is 243 Å². The highest BCUT2D eigenvalue weighted by Crippen LogP contribution is 2.45. The first-order chi connectivity index (χ1) is 19.3. The zero-order valence-corrected chi connectivity index (χ0v) is 25.3. The molecule has 0 aromatic heterocycles. The average molecular weight is 596 g/mol. The van der Waals surface area contributed by atoms with Crippen molar-refractivity contribution in [3.05, 3.63) is 12.2 Å². The Morgan fingerprint density at radius 1 is 1.00 bits per heavy atom. The van der Waals surface area contributed by atoms with Crippen LogP contribution in [0.1, 0.15) is 91.4 Å². The van der Waals surface area contributed by atoms with Crippen molar-refractivity contribution >= 4 is 34.0 Å². The molecule has 13 heteroatoms. The highest BCUT2D eigenvalue weighted by Gasteiger charge is 2.61. The molecule has 4 amide bonds. The van der Waals surface area contributed by atoms with Gasteiger partial charge in [-0.15, -0.1) is 0 Å². The van der Waals surface area contributed by atoms with Gasteiger partial charge in [-0.2, -0.15) is 12.7 Å². The third kappa shape index (κ3) is 7.79. The normalized spacial score (nSPS) is 30.2. The quantitative estimate of drug-likeness (QED) is 0.421. The van der Waals surface area contributed by atoms with Crippen LogP contribution in [0.4, 0.5) is 4.79 Å². The van der Waals surface area contributed by atoms with E-state index in [0.29, 0.717) is 45.3 Å². The van der Waals surface area contributed by atoms with E-state index in [9.17, 15) is 27.6 Å². The van der Waals surface area contributed by atoms with Crippen LogP contribution in [0.2, 0.25) is 0 Å². The zero-order valence-electron chi connectivity index (χ0n) is 24.4. The minimum atomic E-state index is -4.04. The van der Waals surface area contributed by atoms with Crippen molar-refractivity contribution < 1.29 is 32.3 Å². The Balaban J connectivity index is 1.53. The van der Waals surface area contributed by atoms with Crippen LogP contribution in [0.5, 0.6) is 0 Å².